The Morgan fingerprint density at radius 1 is 1.38 bits per heavy atom. The molecule has 0 saturated carbocycles. The van der Waals surface area contributed by atoms with Crippen LogP contribution in [-0.4, -0.2) is 30.7 Å². The highest BCUT2D eigenvalue weighted by Gasteiger charge is 2.12. The molecule has 0 radical (unpaired) electrons. The van der Waals surface area contributed by atoms with Gasteiger partial charge in [-0.05, 0) is 12.3 Å². The first-order valence-electron chi connectivity index (χ1n) is 5.38. The van der Waals surface area contributed by atoms with Crippen LogP contribution in [0, 0.1) is 5.92 Å². The second-order valence-corrected chi connectivity index (χ2v) is 3.84. The van der Waals surface area contributed by atoms with Crippen LogP contribution in [0.5, 0.6) is 11.6 Å². The van der Waals surface area contributed by atoms with Gasteiger partial charge in [0.2, 0.25) is 5.75 Å². The average Bonchev–Trinajstić information content (AvgIpc) is 2.28. The minimum atomic E-state index is 0.488. The lowest BCUT2D eigenvalue weighted by Gasteiger charge is -2.12. The fourth-order valence-corrected chi connectivity index (χ4v) is 1.21. The summed E-state index contributed by atoms with van der Waals surface area (Å²) >= 11 is 0. The third-order valence-corrected chi connectivity index (χ3v) is 2.15. The fraction of sp³-hybridized carbons (Fsp3) is 0.636. The Labute approximate surface area is 96.2 Å². The summed E-state index contributed by atoms with van der Waals surface area (Å²) in [5.41, 5.74) is 0. The lowest BCUT2D eigenvalue weighted by atomic mass is 10.1. The molecule has 16 heavy (non-hydrogen) atoms. The summed E-state index contributed by atoms with van der Waals surface area (Å²) in [6.07, 6.45) is 2.45. The summed E-state index contributed by atoms with van der Waals surface area (Å²) in [5, 5.41) is 2.93. The molecule has 0 fully saturated rings. The summed E-state index contributed by atoms with van der Waals surface area (Å²) in [6.45, 7) is 4.94. The van der Waals surface area contributed by atoms with Gasteiger partial charge in [-0.15, -0.1) is 0 Å². The number of ether oxygens (including phenoxy) is 2. The van der Waals surface area contributed by atoms with Gasteiger partial charge >= 0.3 is 0 Å². The van der Waals surface area contributed by atoms with Crippen LogP contribution in [0.1, 0.15) is 20.3 Å². The topological polar surface area (TPSA) is 56.3 Å². The van der Waals surface area contributed by atoms with Gasteiger partial charge in [-0.25, -0.2) is 4.98 Å². The molecule has 1 N–H and O–H groups in total. The van der Waals surface area contributed by atoms with E-state index in [1.54, 1.807) is 14.2 Å². The normalized spacial score (nSPS) is 10.3. The first-order valence-corrected chi connectivity index (χ1v) is 5.38. The Morgan fingerprint density at radius 2 is 2.12 bits per heavy atom. The van der Waals surface area contributed by atoms with Crippen LogP contribution >= 0.6 is 0 Å². The van der Waals surface area contributed by atoms with Gasteiger partial charge in [0.25, 0.3) is 5.88 Å². The Balaban J connectivity index is 2.71. The van der Waals surface area contributed by atoms with Crippen molar-refractivity contribution in [1.29, 1.82) is 0 Å². The molecule has 0 aliphatic heterocycles. The molecule has 5 heteroatoms. The minimum Gasteiger partial charge on any atom is -0.489 e. The number of rotatable bonds is 6. The first kappa shape index (κ1) is 12.5. The Hall–Kier alpha value is -1.52. The van der Waals surface area contributed by atoms with E-state index < -0.39 is 0 Å². The summed E-state index contributed by atoms with van der Waals surface area (Å²) in [5.74, 6) is 2.28. The van der Waals surface area contributed by atoms with Crippen LogP contribution in [0.2, 0.25) is 0 Å². The van der Waals surface area contributed by atoms with Crippen molar-refractivity contribution in [3.63, 3.8) is 0 Å². The largest absolute Gasteiger partial charge is 0.489 e. The van der Waals surface area contributed by atoms with Gasteiger partial charge in [0.15, 0.2) is 5.82 Å². The molecule has 1 heterocycles. The molecule has 0 bridgehead atoms. The van der Waals surface area contributed by atoms with Crippen LogP contribution in [0.25, 0.3) is 0 Å². The molecular formula is C11H19N3O2. The predicted octanol–water partition coefficient (Wildman–Crippen LogP) is 1.95. The molecule has 1 rings (SSSR count). The summed E-state index contributed by atoms with van der Waals surface area (Å²) in [4.78, 5) is 8.10. The van der Waals surface area contributed by atoms with Crippen molar-refractivity contribution in [2.75, 3.05) is 26.1 Å². The Bertz CT molecular complexity index is 329. The van der Waals surface area contributed by atoms with E-state index in [-0.39, 0.29) is 0 Å². The van der Waals surface area contributed by atoms with Gasteiger partial charge in [-0.3, -0.25) is 0 Å². The quantitative estimate of drug-likeness (QED) is 0.802. The molecule has 0 aliphatic carbocycles. The third-order valence-electron chi connectivity index (χ3n) is 2.15. The molecule has 1 aromatic rings. The van der Waals surface area contributed by atoms with Gasteiger partial charge in [0.1, 0.15) is 6.33 Å². The number of nitrogens with one attached hydrogen (secondary N) is 1. The summed E-state index contributed by atoms with van der Waals surface area (Å²) < 4.78 is 10.8. The highest BCUT2D eigenvalue weighted by Crippen LogP contribution is 2.30. The molecule has 0 aliphatic rings. The predicted molar refractivity (Wildman–Crippen MR) is 63.1 cm³/mol. The van der Waals surface area contributed by atoms with E-state index in [0.29, 0.717) is 30.0 Å². The number of aromatic nitrogens is 2. The molecule has 5 nitrogen and oxygen atoms in total. The number of anilines is 1. The third kappa shape index (κ3) is 3.25. The SMILES string of the molecule is CNc1ncnc(OCCC(C)C)c1OC. The molecule has 0 saturated heterocycles. The highest BCUT2D eigenvalue weighted by atomic mass is 16.5. The van der Waals surface area contributed by atoms with Crippen molar-refractivity contribution in [1.82, 2.24) is 9.97 Å². The van der Waals surface area contributed by atoms with Gasteiger partial charge in [-0.1, -0.05) is 13.8 Å². The van der Waals surface area contributed by atoms with E-state index in [1.807, 2.05) is 0 Å². The first-order chi connectivity index (χ1) is 7.69. The van der Waals surface area contributed by atoms with Crippen molar-refractivity contribution in [3.8, 4) is 11.6 Å². The zero-order valence-electron chi connectivity index (χ0n) is 10.3. The van der Waals surface area contributed by atoms with Gasteiger partial charge in [-0.2, -0.15) is 4.98 Å². The number of nitrogens with zero attached hydrogens (tertiary/aromatic N) is 2. The minimum absolute atomic E-state index is 0.488. The van der Waals surface area contributed by atoms with Crippen molar-refractivity contribution >= 4 is 5.82 Å². The van der Waals surface area contributed by atoms with Crippen LogP contribution in [0.4, 0.5) is 5.82 Å². The highest BCUT2D eigenvalue weighted by molar-refractivity contribution is 5.54. The standard InChI is InChI=1S/C11H19N3O2/c1-8(2)5-6-16-11-9(15-4)10(12-3)13-7-14-11/h7-8H,5-6H2,1-4H3,(H,12,13,14). The van der Waals surface area contributed by atoms with E-state index in [2.05, 4.69) is 29.1 Å². The molecule has 0 spiro atoms. The van der Waals surface area contributed by atoms with Gasteiger partial charge in [0.05, 0.1) is 13.7 Å². The van der Waals surface area contributed by atoms with Crippen molar-refractivity contribution < 1.29 is 9.47 Å². The average molecular weight is 225 g/mol. The van der Waals surface area contributed by atoms with E-state index >= 15 is 0 Å². The van der Waals surface area contributed by atoms with Crippen LogP contribution in [-0.2, 0) is 0 Å². The monoisotopic (exact) mass is 225 g/mol. The smallest absolute Gasteiger partial charge is 0.262 e. The number of hydrogen-bond acceptors (Lipinski definition) is 5. The van der Waals surface area contributed by atoms with E-state index in [1.165, 1.54) is 6.33 Å². The Morgan fingerprint density at radius 3 is 2.69 bits per heavy atom. The van der Waals surface area contributed by atoms with Crippen LogP contribution < -0.4 is 14.8 Å². The second kappa shape index (κ2) is 6.15. The molecular weight excluding hydrogens is 206 g/mol. The number of hydrogen-bond donors (Lipinski definition) is 1. The maximum Gasteiger partial charge on any atom is 0.262 e. The molecule has 0 aromatic carbocycles. The van der Waals surface area contributed by atoms with Crippen LogP contribution in [0.15, 0.2) is 6.33 Å². The zero-order valence-corrected chi connectivity index (χ0v) is 10.3. The van der Waals surface area contributed by atoms with E-state index in [0.717, 1.165) is 6.42 Å². The van der Waals surface area contributed by atoms with Gasteiger partial charge in [0, 0.05) is 7.05 Å². The lowest BCUT2D eigenvalue weighted by Crippen LogP contribution is -2.06. The maximum absolute atomic E-state index is 5.57. The fourth-order valence-electron chi connectivity index (χ4n) is 1.21. The molecule has 90 valence electrons. The van der Waals surface area contributed by atoms with Crippen molar-refractivity contribution in [2.45, 2.75) is 20.3 Å². The summed E-state index contributed by atoms with van der Waals surface area (Å²) in [6, 6.07) is 0. The van der Waals surface area contributed by atoms with E-state index in [4.69, 9.17) is 9.47 Å². The van der Waals surface area contributed by atoms with Crippen molar-refractivity contribution in [3.05, 3.63) is 6.33 Å². The second-order valence-electron chi connectivity index (χ2n) is 3.84. The zero-order chi connectivity index (χ0) is 12.0. The lowest BCUT2D eigenvalue weighted by molar-refractivity contribution is 0.262. The Kier molecular flexibility index (Phi) is 4.82. The molecule has 0 unspecified atom stereocenters. The molecule has 0 atom stereocenters. The van der Waals surface area contributed by atoms with Crippen molar-refractivity contribution in [2.24, 2.45) is 5.92 Å². The van der Waals surface area contributed by atoms with E-state index in [9.17, 15) is 0 Å². The van der Waals surface area contributed by atoms with Gasteiger partial charge < -0.3 is 14.8 Å². The number of methoxy groups -OCH3 is 1. The summed E-state index contributed by atoms with van der Waals surface area (Å²) in [7, 11) is 3.36. The molecule has 1 aromatic heterocycles. The maximum atomic E-state index is 5.57. The molecule has 0 amide bonds. The van der Waals surface area contributed by atoms with Crippen LogP contribution in [0.3, 0.4) is 0 Å².